The van der Waals surface area contributed by atoms with Crippen LogP contribution in [0.2, 0.25) is 0 Å². The summed E-state index contributed by atoms with van der Waals surface area (Å²) in [5.74, 6) is 0. The van der Waals surface area contributed by atoms with Crippen LogP contribution < -0.4 is 0 Å². The molecule has 0 fully saturated rings. The van der Waals surface area contributed by atoms with Gasteiger partial charge in [0.15, 0.2) is 0 Å². The van der Waals surface area contributed by atoms with E-state index in [1.165, 1.54) is 25.9 Å². The molecule has 0 saturated heterocycles. The molecule has 0 saturated carbocycles. The molecule has 0 heterocycles. The molecular weight excluding hydrogens is 150 g/mol. The molecule has 0 amide bonds. The number of hydrogen-bond donors (Lipinski definition) is 1. The first-order valence-electron chi connectivity index (χ1n) is 5.18. The summed E-state index contributed by atoms with van der Waals surface area (Å²) in [4.78, 5) is 2.47. The van der Waals surface area contributed by atoms with Gasteiger partial charge < -0.3 is 10.0 Å². The number of rotatable bonds is 8. The lowest BCUT2D eigenvalue weighted by Crippen LogP contribution is -2.25. The van der Waals surface area contributed by atoms with Crippen LogP contribution in [0.15, 0.2) is 0 Å². The van der Waals surface area contributed by atoms with Gasteiger partial charge >= 0.3 is 0 Å². The molecule has 0 bridgehead atoms. The standard InChI is InChI=1S/C10H23NO/c1-3-8-11(4-2)9-6-5-7-10-12/h12H,3-10H2,1-2H3. The molecule has 0 rings (SSSR count). The minimum absolute atomic E-state index is 0.347. The molecule has 0 aromatic rings. The van der Waals surface area contributed by atoms with Crippen LogP contribution in [-0.4, -0.2) is 36.2 Å². The fourth-order valence-electron chi connectivity index (χ4n) is 1.37. The Bertz CT molecular complexity index is 85.9. The lowest BCUT2D eigenvalue weighted by Gasteiger charge is -2.18. The summed E-state index contributed by atoms with van der Waals surface area (Å²) < 4.78 is 0. The van der Waals surface area contributed by atoms with Crippen molar-refractivity contribution in [3.05, 3.63) is 0 Å². The summed E-state index contributed by atoms with van der Waals surface area (Å²) in [7, 11) is 0. The highest BCUT2D eigenvalue weighted by Gasteiger charge is 1.98. The van der Waals surface area contributed by atoms with E-state index in [-0.39, 0.29) is 0 Å². The molecule has 0 atom stereocenters. The SMILES string of the molecule is CCCN(CC)CCCCCO. The average molecular weight is 173 g/mol. The maximum atomic E-state index is 8.58. The normalized spacial score (nSPS) is 11.0. The third-order valence-corrected chi connectivity index (χ3v) is 2.12. The molecule has 0 aliphatic carbocycles. The molecule has 0 aromatic carbocycles. The summed E-state index contributed by atoms with van der Waals surface area (Å²) in [5.41, 5.74) is 0. The highest BCUT2D eigenvalue weighted by Crippen LogP contribution is 1.98. The maximum Gasteiger partial charge on any atom is 0.0431 e. The highest BCUT2D eigenvalue weighted by molar-refractivity contribution is 4.54. The number of hydrogen-bond acceptors (Lipinski definition) is 2. The number of nitrogens with zero attached hydrogens (tertiary/aromatic N) is 1. The van der Waals surface area contributed by atoms with E-state index in [2.05, 4.69) is 18.7 Å². The number of aliphatic hydroxyl groups excluding tert-OH is 1. The van der Waals surface area contributed by atoms with Crippen molar-refractivity contribution in [2.24, 2.45) is 0 Å². The van der Waals surface area contributed by atoms with Crippen LogP contribution >= 0.6 is 0 Å². The Morgan fingerprint density at radius 1 is 1.00 bits per heavy atom. The Morgan fingerprint density at radius 2 is 1.75 bits per heavy atom. The maximum absolute atomic E-state index is 8.58. The fourth-order valence-corrected chi connectivity index (χ4v) is 1.37. The highest BCUT2D eigenvalue weighted by atomic mass is 16.2. The van der Waals surface area contributed by atoms with Gasteiger partial charge in [-0.3, -0.25) is 0 Å². The van der Waals surface area contributed by atoms with Crippen molar-refractivity contribution in [1.29, 1.82) is 0 Å². The Hall–Kier alpha value is -0.0800. The van der Waals surface area contributed by atoms with E-state index in [9.17, 15) is 0 Å². The van der Waals surface area contributed by atoms with Gasteiger partial charge in [-0.1, -0.05) is 13.8 Å². The van der Waals surface area contributed by atoms with Gasteiger partial charge in [0.05, 0.1) is 0 Å². The quantitative estimate of drug-likeness (QED) is 0.566. The van der Waals surface area contributed by atoms with Crippen molar-refractivity contribution in [2.75, 3.05) is 26.2 Å². The van der Waals surface area contributed by atoms with E-state index < -0.39 is 0 Å². The lowest BCUT2D eigenvalue weighted by atomic mass is 10.2. The lowest BCUT2D eigenvalue weighted by molar-refractivity contribution is 0.260. The van der Waals surface area contributed by atoms with Gasteiger partial charge in [0.1, 0.15) is 0 Å². The molecule has 0 aliphatic rings. The molecule has 0 aliphatic heterocycles. The predicted octanol–water partition coefficient (Wildman–Crippen LogP) is 1.88. The Balaban J connectivity index is 3.19. The topological polar surface area (TPSA) is 23.5 Å². The summed E-state index contributed by atoms with van der Waals surface area (Å²) in [6, 6.07) is 0. The van der Waals surface area contributed by atoms with Crippen LogP contribution in [0.1, 0.15) is 39.5 Å². The van der Waals surface area contributed by atoms with Gasteiger partial charge in [0.25, 0.3) is 0 Å². The molecule has 0 radical (unpaired) electrons. The van der Waals surface area contributed by atoms with Crippen LogP contribution in [0, 0.1) is 0 Å². The Kier molecular flexibility index (Phi) is 8.95. The molecule has 0 aromatic heterocycles. The number of unbranched alkanes of at least 4 members (excludes halogenated alkanes) is 2. The minimum Gasteiger partial charge on any atom is -0.396 e. The van der Waals surface area contributed by atoms with Crippen molar-refractivity contribution in [3.63, 3.8) is 0 Å². The van der Waals surface area contributed by atoms with Crippen LogP contribution in [0.25, 0.3) is 0 Å². The van der Waals surface area contributed by atoms with E-state index in [1.807, 2.05) is 0 Å². The molecule has 12 heavy (non-hydrogen) atoms. The first-order valence-corrected chi connectivity index (χ1v) is 5.18. The third kappa shape index (κ3) is 6.62. The molecule has 74 valence electrons. The van der Waals surface area contributed by atoms with Gasteiger partial charge in [-0.05, 0) is 45.3 Å². The van der Waals surface area contributed by atoms with Gasteiger partial charge in [-0.2, -0.15) is 0 Å². The van der Waals surface area contributed by atoms with Gasteiger partial charge in [-0.15, -0.1) is 0 Å². The van der Waals surface area contributed by atoms with E-state index >= 15 is 0 Å². The zero-order valence-corrected chi connectivity index (χ0v) is 8.55. The summed E-state index contributed by atoms with van der Waals surface area (Å²) in [6.07, 6.45) is 4.60. The minimum atomic E-state index is 0.347. The second-order valence-electron chi connectivity index (χ2n) is 3.22. The zero-order chi connectivity index (χ0) is 9.23. The van der Waals surface area contributed by atoms with Gasteiger partial charge in [-0.25, -0.2) is 0 Å². The van der Waals surface area contributed by atoms with Crippen LogP contribution in [-0.2, 0) is 0 Å². The van der Waals surface area contributed by atoms with E-state index in [4.69, 9.17) is 5.11 Å². The van der Waals surface area contributed by atoms with E-state index in [0.717, 1.165) is 19.4 Å². The summed E-state index contributed by atoms with van der Waals surface area (Å²) >= 11 is 0. The third-order valence-electron chi connectivity index (χ3n) is 2.12. The first-order chi connectivity index (χ1) is 5.85. The molecule has 1 N–H and O–H groups in total. The smallest absolute Gasteiger partial charge is 0.0431 e. The number of aliphatic hydroxyl groups is 1. The Labute approximate surface area is 76.6 Å². The van der Waals surface area contributed by atoms with E-state index in [1.54, 1.807) is 0 Å². The zero-order valence-electron chi connectivity index (χ0n) is 8.55. The largest absolute Gasteiger partial charge is 0.396 e. The molecule has 2 nitrogen and oxygen atoms in total. The fraction of sp³-hybridized carbons (Fsp3) is 1.00. The first kappa shape index (κ1) is 11.9. The molecular formula is C10H23NO. The van der Waals surface area contributed by atoms with Crippen LogP contribution in [0.5, 0.6) is 0 Å². The Morgan fingerprint density at radius 3 is 2.25 bits per heavy atom. The average Bonchev–Trinajstić information content (AvgIpc) is 2.10. The van der Waals surface area contributed by atoms with Crippen molar-refractivity contribution < 1.29 is 5.11 Å². The van der Waals surface area contributed by atoms with Crippen molar-refractivity contribution >= 4 is 0 Å². The molecule has 2 heteroatoms. The second kappa shape index (κ2) is 9.01. The van der Waals surface area contributed by atoms with Gasteiger partial charge in [0, 0.05) is 6.61 Å². The van der Waals surface area contributed by atoms with Crippen LogP contribution in [0.3, 0.4) is 0 Å². The van der Waals surface area contributed by atoms with Gasteiger partial charge in [0.2, 0.25) is 0 Å². The second-order valence-corrected chi connectivity index (χ2v) is 3.22. The van der Waals surface area contributed by atoms with Crippen molar-refractivity contribution in [2.45, 2.75) is 39.5 Å². The van der Waals surface area contributed by atoms with E-state index in [0.29, 0.717) is 6.61 Å². The summed E-state index contributed by atoms with van der Waals surface area (Å²) in [6.45, 7) is 8.35. The molecule has 0 spiro atoms. The monoisotopic (exact) mass is 173 g/mol. The van der Waals surface area contributed by atoms with Crippen molar-refractivity contribution in [1.82, 2.24) is 4.90 Å². The van der Waals surface area contributed by atoms with Crippen LogP contribution in [0.4, 0.5) is 0 Å². The predicted molar refractivity (Wildman–Crippen MR) is 53.3 cm³/mol. The summed E-state index contributed by atoms with van der Waals surface area (Å²) in [5, 5.41) is 8.58. The molecule has 0 unspecified atom stereocenters. The van der Waals surface area contributed by atoms with Crippen molar-refractivity contribution in [3.8, 4) is 0 Å².